The number of halogens is 2. The van der Waals surface area contributed by atoms with Crippen LogP contribution in [0.15, 0.2) is 50.0 Å². The molecule has 0 radical (unpaired) electrons. The highest BCUT2D eigenvalue weighted by Crippen LogP contribution is 2.30. The topological polar surface area (TPSA) is 56.2 Å². The standard InChI is InChI=1S/C13H6Br2N4OS/c14-8-3-1-7(2-4-8)11-16-17-13-19(11)18-12(21-13)9-5-6-10(15)20-9/h1-6H. The summed E-state index contributed by atoms with van der Waals surface area (Å²) < 4.78 is 8.96. The maximum atomic E-state index is 5.53. The highest BCUT2D eigenvalue weighted by Gasteiger charge is 2.16. The summed E-state index contributed by atoms with van der Waals surface area (Å²) in [4.78, 5) is 0.732. The molecule has 0 aliphatic rings. The zero-order valence-corrected chi connectivity index (χ0v) is 14.3. The molecular formula is C13H6Br2N4OS. The third-order valence-corrected chi connectivity index (χ3v) is 4.75. The molecule has 0 atom stereocenters. The van der Waals surface area contributed by atoms with Crippen molar-refractivity contribution in [1.82, 2.24) is 19.8 Å². The number of hydrogen-bond acceptors (Lipinski definition) is 5. The van der Waals surface area contributed by atoms with Crippen LogP contribution in [0.3, 0.4) is 0 Å². The number of nitrogens with zero attached hydrogens (tertiary/aromatic N) is 4. The van der Waals surface area contributed by atoms with Gasteiger partial charge in [0.05, 0.1) is 0 Å². The fourth-order valence-corrected chi connectivity index (χ4v) is 3.30. The van der Waals surface area contributed by atoms with Gasteiger partial charge in [0.1, 0.15) is 0 Å². The Morgan fingerprint density at radius 3 is 2.52 bits per heavy atom. The molecule has 5 nitrogen and oxygen atoms in total. The number of benzene rings is 1. The molecule has 1 aromatic carbocycles. The molecule has 8 heteroatoms. The second kappa shape index (κ2) is 5.04. The van der Waals surface area contributed by atoms with Crippen molar-refractivity contribution in [3.8, 4) is 22.2 Å². The van der Waals surface area contributed by atoms with Gasteiger partial charge in [-0.2, -0.15) is 4.52 Å². The van der Waals surface area contributed by atoms with E-state index in [4.69, 9.17) is 4.42 Å². The Labute approximate surface area is 139 Å². The van der Waals surface area contributed by atoms with E-state index in [0.29, 0.717) is 16.3 Å². The van der Waals surface area contributed by atoms with E-state index in [1.807, 2.05) is 36.4 Å². The molecule has 0 aliphatic heterocycles. The molecule has 21 heavy (non-hydrogen) atoms. The molecule has 4 rings (SSSR count). The normalized spacial score (nSPS) is 11.3. The molecule has 4 aromatic rings. The van der Waals surface area contributed by atoms with Crippen LogP contribution in [0.2, 0.25) is 0 Å². The Balaban J connectivity index is 1.84. The van der Waals surface area contributed by atoms with Gasteiger partial charge in [-0.25, -0.2) is 0 Å². The zero-order valence-electron chi connectivity index (χ0n) is 10.3. The summed E-state index contributed by atoms with van der Waals surface area (Å²) in [6.45, 7) is 0. The van der Waals surface area contributed by atoms with Crippen molar-refractivity contribution >= 4 is 48.2 Å². The number of hydrogen-bond donors (Lipinski definition) is 0. The quantitative estimate of drug-likeness (QED) is 0.469. The highest BCUT2D eigenvalue weighted by molar-refractivity contribution is 9.10. The van der Waals surface area contributed by atoms with E-state index in [1.54, 1.807) is 4.52 Å². The van der Waals surface area contributed by atoms with Gasteiger partial charge < -0.3 is 4.42 Å². The van der Waals surface area contributed by atoms with Gasteiger partial charge in [-0.15, -0.1) is 15.3 Å². The van der Waals surface area contributed by atoms with Crippen LogP contribution in [-0.2, 0) is 0 Å². The Bertz CT molecular complexity index is 925. The van der Waals surface area contributed by atoms with E-state index < -0.39 is 0 Å². The molecule has 3 heterocycles. The minimum Gasteiger partial charge on any atom is -0.447 e. The number of furan rings is 1. The maximum absolute atomic E-state index is 5.53. The summed E-state index contributed by atoms with van der Waals surface area (Å²) in [5, 5.41) is 13.7. The number of aromatic nitrogens is 4. The smallest absolute Gasteiger partial charge is 0.235 e. The maximum Gasteiger partial charge on any atom is 0.235 e. The van der Waals surface area contributed by atoms with Crippen molar-refractivity contribution in [2.45, 2.75) is 0 Å². The lowest BCUT2D eigenvalue weighted by Crippen LogP contribution is -1.90. The molecule has 3 aromatic heterocycles. The van der Waals surface area contributed by atoms with Gasteiger partial charge in [0.25, 0.3) is 0 Å². The molecule has 0 saturated carbocycles. The van der Waals surface area contributed by atoms with Gasteiger partial charge in [0.2, 0.25) is 4.96 Å². The molecule has 0 spiro atoms. The summed E-state index contributed by atoms with van der Waals surface area (Å²) in [5.74, 6) is 1.42. The first-order chi connectivity index (χ1) is 10.2. The second-order valence-corrected chi connectivity index (χ2v) is 6.89. The number of fused-ring (bicyclic) bond motifs is 1. The first-order valence-electron chi connectivity index (χ1n) is 5.94. The molecule has 0 fully saturated rings. The van der Waals surface area contributed by atoms with Crippen LogP contribution in [0.5, 0.6) is 0 Å². The predicted molar refractivity (Wildman–Crippen MR) is 87.2 cm³/mol. The lowest BCUT2D eigenvalue weighted by molar-refractivity contribution is 0.554. The van der Waals surface area contributed by atoms with E-state index in [-0.39, 0.29) is 0 Å². The van der Waals surface area contributed by atoms with Crippen molar-refractivity contribution in [1.29, 1.82) is 0 Å². The van der Waals surface area contributed by atoms with Crippen LogP contribution in [-0.4, -0.2) is 19.8 Å². The van der Waals surface area contributed by atoms with Crippen LogP contribution in [0.4, 0.5) is 0 Å². The van der Waals surface area contributed by atoms with Crippen molar-refractivity contribution in [3.63, 3.8) is 0 Å². The summed E-state index contributed by atoms with van der Waals surface area (Å²) >= 11 is 8.15. The van der Waals surface area contributed by atoms with Crippen molar-refractivity contribution in [2.24, 2.45) is 0 Å². The molecule has 0 saturated heterocycles. The first-order valence-corrected chi connectivity index (χ1v) is 8.35. The molecule has 0 bridgehead atoms. The van der Waals surface area contributed by atoms with Gasteiger partial charge in [-0.1, -0.05) is 39.4 Å². The lowest BCUT2D eigenvalue weighted by Gasteiger charge is -1.96. The van der Waals surface area contributed by atoms with Crippen molar-refractivity contribution in [3.05, 3.63) is 45.5 Å². The van der Waals surface area contributed by atoms with E-state index >= 15 is 0 Å². The van der Waals surface area contributed by atoms with E-state index in [9.17, 15) is 0 Å². The SMILES string of the molecule is Brc1ccc(-c2nnc3sc(-c4ccc(Br)o4)nn23)cc1. The minimum absolute atomic E-state index is 0.677. The van der Waals surface area contributed by atoms with Gasteiger partial charge in [0.15, 0.2) is 21.3 Å². The van der Waals surface area contributed by atoms with Gasteiger partial charge in [-0.05, 0) is 40.2 Å². The summed E-state index contributed by atoms with van der Waals surface area (Å²) in [5.41, 5.74) is 0.961. The molecule has 0 aliphatic carbocycles. The third-order valence-electron chi connectivity index (χ3n) is 2.88. The zero-order chi connectivity index (χ0) is 14.4. The van der Waals surface area contributed by atoms with Crippen molar-refractivity contribution in [2.75, 3.05) is 0 Å². The average Bonchev–Trinajstić information content (AvgIpc) is 3.14. The molecule has 0 N–H and O–H groups in total. The first kappa shape index (κ1) is 13.2. The predicted octanol–water partition coefficient (Wildman–Crippen LogP) is 4.64. The minimum atomic E-state index is 0.677. The van der Waals surface area contributed by atoms with Crippen LogP contribution in [0, 0.1) is 0 Å². The van der Waals surface area contributed by atoms with Gasteiger partial charge >= 0.3 is 0 Å². The fourth-order valence-electron chi connectivity index (χ4n) is 1.92. The molecular weight excluding hydrogens is 420 g/mol. The van der Waals surface area contributed by atoms with Crippen LogP contribution >= 0.6 is 43.2 Å². The number of rotatable bonds is 2. The van der Waals surface area contributed by atoms with E-state index in [2.05, 4.69) is 47.2 Å². The Hall–Kier alpha value is -1.51. The highest BCUT2D eigenvalue weighted by atomic mass is 79.9. The Morgan fingerprint density at radius 1 is 1.00 bits per heavy atom. The molecule has 104 valence electrons. The van der Waals surface area contributed by atoms with E-state index in [0.717, 1.165) is 20.0 Å². The second-order valence-electron chi connectivity index (χ2n) is 4.24. The monoisotopic (exact) mass is 424 g/mol. The summed E-state index contributed by atoms with van der Waals surface area (Å²) in [7, 11) is 0. The van der Waals surface area contributed by atoms with Crippen LogP contribution < -0.4 is 0 Å². The largest absolute Gasteiger partial charge is 0.447 e. The fraction of sp³-hybridized carbons (Fsp3) is 0. The van der Waals surface area contributed by atoms with E-state index in [1.165, 1.54) is 11.3 Å². The van der Waals surface area contributed by atoms with Gasteiger partial charge in [-0.3, -0.25) is 0 Å². The lowest BCUT2D eigenvalue weighted by atomic mass is 10.2. The van der Waals surface area contributed by atoms with Crippen LogP contribution in [0.1, 0.15) is 0 Å². The summed E-state index contributed by atoms with van der Waals surface area (Å²) in [6.07, 6.45) is 0. The van der Waals surface area contributed by atoms with Gasteiger partial charge in [0, 0.05) is 10.0 Å². The van der Waals surface area contributed by atoms with Crippen molar-refractivity contribution < 1.29 is 4.42 Å². The third kappa shape index (κ3) is 2.33. The summed E-state index contributed by atoms with van der Waals surface area (Å²) in [6, 6.07) is 11.6. The average molecular weight is 426 g/mol. The molecule has 0 unspecified atom stereocenters. The van der Waals surface area contributed by atoms with Crippen LogP contribution in [0.25, 0.3) is 27.1 Å². The Kier molecular flexibility index (Phi) is 3.16. The Morgan fingerprint density at radius 2 is 1.81 bits per heavy atom. The molecule has 0 amide bonds.